The number of carbonyl (C=O) groups is 1. The van der Waals surface area contributed by atoms with Gasteiger partial charge in [-0.1, -0.05) is 63.9 Å². The van der Waals surface area contributed by atoms with Gasteiger partial charge >= 0.3 is 5.91 Å². The van der Waals surface area contributed by atoms with Gasteiger partial charge in [-0.15, -0.1) is 10.2 Å². The van der Waals surface area contributed by atoms with Crippen molar-refractivity contribution in [1.29, 1.82) is 0 Å². The van der Waals surface area contributed by atoms with Gasteiger partial charge in [-0.3, -0.25) is 4.79 Å². The molecular formula is C23H17BrClN3O3. The normalized spacial score (nSPS) is 11.3. The standard InChI is InChI=1S/C23H17BrClN3O3/c24-16-10-11-20-18(12-16)22(23(30)28(20)13-15-6-4-5-9-19(15)25)27-26-21(29)14-31-17-7-2-1-3-8-17/h1-12,30H,13-14H2. The number of aromatic hydroxyl groups is 1. The topological polar surface area (TPSA) is 76.2 Å². The van der Waals surface area contributed by atoms with Gasteiger partial charge < -0.3 is 14.4 Å². The van der Waals surface area contributed by atoms with E-state index in [1.54, 1.807) is 22.8 Å². The highest BCUT2D eigenvalue weighted by atomic mass is 79.9. The lowest BCUT2D eigenvalue weighted by atomic mass is 10.2. The van der Waals surface area contributed by atoms with E-state index in [1.807, 2.05) is 54.6 Å². The molecule has 0 atom stereocenters. The van der Waals surface area contributed by atoms with Crippen molar-refractivity contribution in [2.24, 2.45) is 10.2 Å². The molecule has 1 N–H and O–H groups in total. The highest BCUT2D eigenvalue weighted by molar-refractivity contribution is 9.10. The summed E-state index contributed by atoms with van der Waals surface area (Å²) in [6.45, 7) is 0.0838. The van der Waals surface area contributed by atoms with Crippen molar-refractivity contribution in [2.45, 2.75) is 6.54 Å². The summed E-state index contributed by atoms with van der Waals surface area (Å²) >= 11 is 9.73. The van der Waals surface area contributed by atoms with Crippen LogP contribution in [0.5, 0.6) is 11.6 Å². The molecule has 3 aromatic carbocycles. The summed E-state index contributed by atoms with van der Waals surface area (Å²) in [5, 5.41) is 19.9. The van der Waals surface area contributed by atoms with Crippen LogP contribution in [-0.2, 0) is 11.3 Å². The first kappa shape index (κ1) is 21.1. The first-order valence-electron chi connectivity index (χ1n) is 9.39. The van der Waals surface area contributed by atoms with Gasteiger partial charge in [0.2, 0.25) is 5.88 Å². The van der Waals surface area contributed by atoms with Crippen molar-refractivity contribution < 1.29 is 14.6 Å². The Morgan fingerprint density at radius 1 is 1.06 bits per heavy atom. The van der Waals surface area contributed by atoms with Crippen molar-refractivity contribution in [1.82, 2.24) is 4.57 Å². The fourth-order valence-electron chi connectivity index (χ4n) is 3.15. The van der Waals surface area contributed by atoms with Crippen molar-refractivity contribution >= 4 is 50.0 Å². The van der Waals surface area contributed by atoms with Gasteiger partial charge in [-0.2, -0.15) is 0 Å². The Morgan fingerprint density at radius 3 is 2.58 bits per heavy atom. The van der Waals surface area contributed by atoms with Gasteiger partial charge in [0.15, 0.2) is 12.3 Å². The summed E-state index contributed by atoms with van der Waals surface area (Å²) in [6, 6.07) is 21.9. The van der Waals surface area contributed by atoms with Crippen LogP contribution < -0.4 is 4.74 Å². The van der Waals surface area contributed by atoms with E-state index < -0.39 is 5.91 Å². The maximum absolute atomic E-state index is 12.1. The van der Waals surface area contributed by atoms with Crippen LogP contribution in [0.1, 0.15) is 5.56 Å². The summed E-state index contributed by atoms with van der Waals surface area (Å²) in [5.74, 6) is -0.104. The molecule has 8 heteroatoms. The van der Waals surface area contributed by atoms with Crippen LogP contribution in [0.3, 0.4) is 0 Å². The molecule has 4 rings (SSSR count). The van der Waals surface area contributed by atoms with E-state index in [4.69, 9.17) is 16.3 Å². The van der Waals surface area contributed by atoms with E-state index in [0.717, 1.165) is 15.6 Å². The van der Waals surface area contributed by atoms with E-state index in [-0.39, 0.29) is 18.2 Å². The summed E-state index contributed by atoms with van der Waals surface area (Å²) < 4.78 is 7.89. The number of carbonyl (C=O) groups excluding carboxylic acids is 1. The largest absolute Gasteiger partial charge is 0.493 e. The minimum Gasteiger partial charge on any atom is -0.493 e. The van der Waals surface area contributed by atoms with Crippen molar-refractivity contribution in [3.63, 3.8) is 0 Å². The Bertz CT molecular complexity index is 1270. The molecule has 0 saturated carbocycles. The first-order chi connectivity index (χ1) is 15.0. The molecule has 1 heterocycles. The second-order valence-corrected chi connectivity index (χ2v) is 8.03. The SMILES string of the molecule is O=C(COc1ccccc1)N=Nc1c(O)n(Cc2ccccc2Cl)c2ccc(Br)cc12. The van der Waals surface area contributed by atoms with Crippen molar-refractivity contribution in [3.05, 3.63) is 87.9 Å². The number of rotatable bonds is 6. The number of fused-ring (bicyclic) bond motifs is 1. The number of azo groups is 1. The van der Waals surface area contributed by atoms with Crippen LogP contribution in [0.15, 0.2) is 87.5 Å². The van der Waals surface area contributed by atoms with E-state index in [9.17, 15) is 9.90 Å². The van der Waals surface area contributed by atoms with Crippen LogP contribution in [0, 0.1) is 0 Å². The van der Waals surface area contributed by atoms with Crippen LogP contribution in [0.4, 0.5) is 5.69 Å². The average molecular weight is 499 g/mol. The summed E-state index contributed by atoms with van der Waals surface area (Å²) in [7, 11) is 0. The Labute approximate surface area is 191 Å². The number of nitrogens with zero attached hydrogens (tertiary/aromatic N) is 3. The highest BCUT2D eigenvalue weighted by Crippen LogP contribution is 2.40. The summed E-state index contributed by atoms with van der Waals surface area (Å²) in [6.07, 6.45) is 0. The summed E-state index contributed by atoms with van der Waals surface area (Å²) in [5.41, 5.74) is 1.79. The molecule has 0 saturated heterocycles. The van der Waals surface area contributed by atoms with Gasteiger partial charge in [0.25, 0.3) is 0 Å². The van der Waals surface area contributed by atoms with Gasteiger partial charge in [-0.05, 0) is 42.0 Å². The van der Waals surface area contributed by atoms with Crippen molar-refractivity contribution in [3.8, 4) is 11.6 Å². The maximum atomic E-state index is 12.1. The molecule has 6 nitrogen and oxygen atoms in total. The fraction of sp³-hybridized carbons (Fsp3) is 0.0870. The maximum Gasteiger partial charge on any atom is 0.302 e. The number of hydrogen-bond donors (Lipinski definition) is 1. The molecule has 0 fully saturated rings. The number of para-hydroxylation sites is 1. The molecule has 1 amide bonds. The molecule has 0 aliphatic carbocycles. The van der Waals surface area contributed by atoms with E-state index in [1.165, 1.54) is 0 Å². The van der Waals surface area contributed by atoms with Gasteiger partial charge in [0, 0.05) is 14.9 Å². The lowest BCUT2D eigenvalue weighted by Crippen LogP contribution is -2.07. The number of hydrogen-bond acceptors (Lipinski definition) is 4. The first-order valence-corrected chi connectivity index (χ1v) is 10.6. The van der Waals surface area contributed by atoms with Crippen LogP contribution in [-0.4, -0.2) is 22.2 Å². The summed E-state index contributed by atoms with van der Waals surface area (Å²) in [4.78, 5) is 12.1. The molecule has 0 aliphatic rings. The number of amides is 1. The third-order valence-electron chi connectivity index (χ3n) is 4.63. The minimum absolute atomic E-state index is 0.103. The lowest BCUT2D eigenvalue weighted by molar-refractivity contribution is -0.120. The van der Waals surface area contributed by atoms with Crippen LogP contribution >= 0.6 is 27.5 Å². The highest BCUT2D eigenvalue weighted by Gasteiger charge is 2.18. The molecule has 0 aliphatic heterocycles. The number of benzene rings is 3. The second kappa shape index (κ2) is 9.32. The van der Waals surface area contributed by atoms with Crippen LogP contribution in [0.2, 0.25) is 5.02 Å². The smallest absolute Gasteiger partial charge is 0.302 e. The Hall–Kier alpha value is -3.16. The van der Waals surface area contributed by atoms with Gasteiger partial charge in [-0.25, -0.2) is 0 Å². The van der Waals surface area contributed by atoms with Gasteiger partial charge in [0.1, 0.15) is 5.75 Å². The zero-order chi connectivity index (χ0) is 21.8. The fourth-order valence-corrected chi connectivity index (χ4v) is 3.70. The zero-order valence-corrected chi connectivity index (χ0v) is 18.5. The molecule has 1 aromatic heterocycles. The molecule has 4 aromatic rings. The molecular weight excluding hydrogens is 482 g/mol. The number of ether oxygens (including phenoxy) is 1. The Morgan fingerprint density at radius 2 is 1.81 bits per heavy atom. The second-order valence-electron chi connectivity index (χ2n) is 6.71. The van der Waals surface area contributed by atoms with Crippen molar-refractivity contribution in [2.75, 3.05) is 6.61 Å². The van der Waals surface area contributed by atoms with Crippen LogP contribution in [0.25, 0.3) is 10.9 Å². The lowest BCUT2D eigenvalue weighted by Gasteiger charge is -2.08. The average Bonchev–Trinajstić information content (AvgIpc) is 3.03. The number of halogens is 2. The molecule has 0 radical (unpaired) electrons. The Balaban J connectivity index is 1.63. The van der Waals surface area contributed by atoms with E-state index in [0.29, 0.717) is 22.7 Å². The zero-order valence-electron chi connectivity index (χ0n) is 16.2. The predicted molar refractivity (Wildman–Crippen MR) is 123 cm³/mol. The van der Waals surface area contributed by atoms with Gasteiger partial charge in [0.05, 0.1) is 12.1 Å². The molecule has 156 valence electrons. The third-order valence-corrected chi connectivity index (χ3v) is 5.49. The number of aromatic nitrogens is 1. The monoisotopic (exact) mass is 497 g/mol. The minimum atomic E-state index is -0.565. The molecule has 0 bridgehead atoms. The third kappa shape index (κ3) is 4.78. The molecule has 31 heavy (non-hydrogen) atoms. The van der Waals surface area contributed by atoms with E-state index in [2.05, 4.69) is 26.2 Å². The van der Waals surface area contributed by atoms with E-state index >= 15 is 0 Å². The quantitative estimate of drug-likeness (QED) is 0.308. The predicted octanol–water partition coefficient (Wildman–Crippen LogP) is 6.50. The Kier molecular flexibility index (Phi) is 6.34. The molecule has 0 unspecified atom stereocenters. The molecule has 0 spiro atoms.